The van der Waals surface area contributed by atoms with Gasteiger partial charge in [-0.25, -0.2) is 13.8 Å². The van der Waals surface area contributed by atoms with Crippen molar-refractivity contribution in [3.8, 4) is 11.5 Å². The third-order valence-electron chi connectivity index (χ3n) is 5.19. The lowest BCUT2D eigenvalue weighted by Gasteiger charge is -2.25. The fourth-order valence-electron chi connectivity index (χ4n) is 3.38. The summed E-state index contributed by atoms with van der Waals surface area (Å²) in [7, 11) is -2.13. The summed E-state index contributed by atoms with van der Waals surface area (Å²) in [5.74, 6) is -0.733. The molecule has 0 unspecified atom stereocenters. The largest absolute Gasteiger partial charge is 0.497 e. The van der Waals surface area contributed by atoms with Crippen molar-refractivity contribution in [2.24, 2.45) is 5.10 Å². The maximum Gasteiger partial charge on any atom is 0.416 e. The second-order valence-electron chi connectivity index (χ2n) is 7.69. The second-order valence-corrected chi connectivity index (χ2v) is 9.52. The fraction of sp³-hybridized carbons (Fsp3) is 0.167. The van der Waals surface area contributed by atoms with E-state index in [0.717, 1.165) is 36.5 Å². The van der Waals surface area contributed by atoms with Crippen LogP contribution >= 0.6 is 0 Å². The van der Waals surface area contributed by atoms with Gasteiger partial charge in [-0.2, -0.15) is 18.3 Å². The van der Waals surface area contributed by atoms with Crippen LogP contribution in [0, 0.1) is 10.1 Å². The molecule has 0 aliphatic heterocycles. The number of nitrogens with zero attached hydrogens (tertiary/aromatic N) is 3. The van der Waals surface area contributed by atoms with Crippen molar-refractivity contribution in [2.75, 3.05) is 25.1 Å². The highest BCUT2D eigenvalue weighted by molar-refractivity contribution is 7.93. The van der Waals surface area contributed by atoms with Crippen LogP contribution < -0.4 is 19.2 Å². The molecule has 3 aromatic rings. The summed E-state index contributed by atoms with van der Waals surface area (Å²) in [6.07, 6.45) is -3.64. The van der Waals surface area contributed by atoms with Gasteiger partial charge in [-0.15, -0.1) is 0 Å². The van der Waals surface area contributed by atoms with Crippen molar-refractivity contribution >= 4 is 33.5 Å². The van der Waals surface area contributed by atoms with Gasteiger partial charge in [0.1, 0.15) is 18.0 Å². The molecule has 1 N–H and O–H groups in total. The van der Waals surface area contributed by atoms with Gasteiger partial charge in [-0.05, 0) is 35.9 Å². The quantitative estimate of drug-likeness (QED) is 0.222. The van der Waals surface area contributed by atoms with Gasteiger partial charge < -0.3 is 9.47 Å². The summed E-state index contributed by atoms with van der Waals surface area (Å²) in [4.78, 5) is 22.7. The van der Waals surface area contributed by atoms with Gasteiger partial charge in [-0.3, -0.25) is 19.2 Å². The highest BCUT2D eigenvalue weighted by atomic mass is 32.2. The van der Waals surface area contributed by atoms with Crippen LogP contribution in [0.15, 0.2) is 76.7 Å². The summed E-state index contributed by atoms with van der Waals surface area (Å²) in [6.45, 7) is -0.920. The molecule has 0 aliphatic rings. The van der Waals surface area contributed by atoms with E-state index in [1.165, 1.54) is 50.6 Å². The van der Waals surface area contributed by atoms with E-state index in [1.807, 2.05) is 0 Å². The normalized spacial score (nSPS) is 11.7. The average Bonchev–Trinajstić information content (AvgIpc) is 2.91. The smallest absolute Gasteiger partial charge is 0.416 e. The molecule has 0 radical (unpaired) electrons. The van der Waals surface area contributed by atoms with E-state index in [0.29, 0.717) is 10.1 Å². The number of methoxy groups -OCH3 is 2. The van der Waals surface area contributed by atoms with Gasteiger partial charge in [-0.1, -0.05) is 24.3 Å². The maximum atomic E-state index is 13.7. The van der Waals surface area contributed by atoms with Crippen LogP contribution in [0.5, 0.6) is 11.5 Å². The fourth-order valence-corrected chi connectivity index (χ4v) is 4.97. The van der Waals surface area contributed by atoms with E-state index in [-0.39, 0.29) is 17.0 Å². The molecule has 0 aromatic heterocycles. The van der Waals surface area contributed by atoms with Gasteiger partial charge in [0, 0.05) is 12.1 Å². The molecular weight excluding hydrogens is 545 g/mol. The number of amides is 1. The minimum atomic E-state index is -4.74. The molecule has 0 atom stereocenters. The Bertz CT molecular complexity index is 1510. The van der Waals surface area contributed by atoms with Crippen LogP contribution in [0.25, 0.3) is 0 Å². The first-order valence-electron chi connectivity index (χ1n) is 10.9. The highest BCUT2D eigenvalue weighted by Crippen LogP contribution is 2.37. The van der Waals surface area contributed by atoms with Crippen molar-refractivity contribution in [2.45, 2.75) is 11.1 Å². The second kappa shape index (κ2) is 11.8. The first-order chi connectivity index (χ1) is 18.4. The van der Waals surface area contributed by atoms with E-state index in [4.69, 9.17) is 9.47 Å². The SMILES string of the molecule is COc1ccc(N(CC(=O)N/N=C\c2cccc(C(F)(F)F)c2)S(=O)(=O)c2ccccc2[N+](=O)[O-])c(OC)c1. The van der Waals surface area contributed by atoms with Gasteiger partial charge in [0.15, 0.2) is 4.90 Å². The van der Waals surface area contributed by atoms with Crippen LogP contribution in [-0.2, 0) is 21.0 Å². The Kier molecular flexibility index (Phi) is 8.75. The number of rotatable bonds is 10. The zero-order valence-electron chi connectivity index (χ0n) is 20.4. The number of anilines is 1. The maximum absolute atomic E-state index is 13.7. The zero-order valence-corrected chi connectivity index (χ0v) is 21.2. The molecule has 0 fully saturated rings. The Morgan fingerprint density at radius 3 is 2.44 bits per heavy atom. The number of ether oxygens (including phenoxy) is 2. The molecule has 0 saturated heterocycles. The molecule has 0 bridgehead atoms. The standard InChI is InChI=1S/C24H21F3N4O7S/c1-37-18-10-11-19(21(13-18)38-2)30(39(35,36)22-9-4-3-8-20(22)31(33)34)15-23(32)29-28-14-16-6-5-7-17(12-16)24(25,26)27/h3-14H,15H2,1-2H3,(H,29,32)/b28-14-. The molecular formula is C24H21F3N4O7S. The zero-order chi connectivity index (χ0) is 28.8. The predicted molar refractivity (Wildman–Crippen MR) is 134 cm³/mol. The van der Waals surface area contributed by atoms with Crippen LogP contribution in [-0.4, -0.2) is 46.2 Å². The topological polar surface area (TPSA) is 140 Å². The number of carbonyl (C=O) groups excluding carboxylic acids is 1. The molecule has 1 amide bonds. The first kappa shape index (κ1) is 28.9. The van der Waals surface area contributed by atoms with E-state index < -0.39 is 49.7 Å². The highest BCUT2D eigenvalue weighted by Gasteiger charge is 2.35. The van der Waals surface area contributed by atoms with Gasteiger partial charge in [0.05, 0.1) is 36.6 Å². The lowest BCUT2D eigenvalue weighted by Crippen LogP contribution is -2.40. The van der Waals surface area contributed by atoms with Crippen molar-refractivity contribution in [1.82, 2.24) is 5.43 Å². The number of carbonyl (C=O) groups is 1. The molecule has 15 heteroatoms. The van der Waals surface area contributed by atoms with Crippen molar-refractivity contribution in [3.05, 3.63) is 88.0 Å². The van der Waals surface area contributed by atoms with Crippen LogP contribution in [0.3, 0.4) is 0 Å². The number of sulfonamides is 1. The summed E-state index contributed by atoms with van der Waals surface area (Å²) in [5.41, 5.74) is 0.280. The minimum Gasteiger partial charge on any atom is -0.497 e. The Morgan fingerprint density at radius 1 is 1.08 bits per heavy atom. The van der Waals surface area contributed by atoms with E-state index in [1.54, 1.807) is 0 Å². The van der Waals surface area contributed by atoms with Crippen molar-refractivity contribution in [1.29, 1.82) is 0 Å². The third-order valence-corrected chi connectivity index (χ3v) is 7.00. The summed E-state index contributed by atoms with van der Waals surface area (Å²) < 4.78 is 77.0. The number of alkyl halides is 3. The molecule has 39 heavy (non-hydrogen) atoms. The van der Waals surface area contributed by atoms with Crippen LogP contribution in [0.1, 0.15) is 11.1 Å². The van der Waals surface area contributed by atoms with Crippen LogP contribution in [0.2, 0.25) is 0 Å². The number of hydrogen-bond acceptors (Lipinski definition) is 8. The van der Waals surface area contributed by atoms with Gasteiger partial charge in [0.25, 0.3) is 21.6 Å². The number of halogens is 3. The lowest BCUT2D eigenvalue weighted by molar-refractivity contribution is -0.387. The number of hydrogen-bond donors (Lipinski definition) is 1. The summed E-state index contributed by atoms with van der Waals surface area (Å²) >= 11 is 0. The Balaban J connectivity index is 1.98. The Hall–Kier alpha value is -4.66. The Labute approximate surface area is 220 Å². The Morgan fingerprint density at radius 2 is 1.79 bits per heavy atom. The molecule has 11 nitrogen and oxygen atoms in total. The molecule has 0 aliphatic carbocycles. The number of nitrogens with one attached hydrogen (secondary N) is 1. The van der Waals surface area contributed by atoms with Gasteiger partial charge >= 0.3 is 6.18 Å². The molecule has 206 valence electrons. The lowest BCUT2D eigenvalue weighted by atomic mass is 10.1. The molecule has 3 rings (SSSR count). The molecule has 0 heterocycles. The summed E-state index contributed by atoms with van der Waals surface area (Å²) in [6, 6.07) is 12.7. The first-order valence-corrected chi connectivity index (χ1v) is 12.3. The monoisotopic (exact) mass is 566 g/mol. The summed E-state index contributed by atoms with van der Waals surface area (Å²) in [5, 5.41) is 15.1. The number of nitro benzene ring substituents is 1. The minimum absolute atomic E-state index is 0.0198. The third kappa shape index (κ3) is 6.81. The molecule has 3 aromatic carbocycles. The number of nitro groups is 1. The van der Waals surface area contributed by atoms with E-state index in [9.17, 15) is 36.5 Å². The number of para-hydroxylation sites is 1. The van der Waals surface area contributed by atoms with Gasteiger partial charge in [0.2, 0.25) is 0 Å². The van der Waals surface area contributed by atoms with E-state index in [2.05, 4.69) is 10.5 Å². The molecule has 0 spiro atoms. The average molecular weight is 567 g/mol. The van der Waals surface area contributed by atoms with Crippen molar-refractivity contribution < 1.29 is 40.8 Å². The predicted octanol–water partition coefficient (Wildman–Crippen LogP) is 3.98. The van der Waals surface area contributed by atoms with E-state index >= 15 is 0 Å². The number of benzene rings is 3. The van der Waals surface area contributed by atoms with Crippen LogP contribution in [0.4, 0.5) is 24.5 Å². The molecule has 0 saturated carbocycles. The van der Waals surface area contributed by atoms with Crippen molar-refractivity contribution in [3.63, 3.8) is 0 Å². The number of hydrazone groups is 1.